The molecule has 122 valence electrons. The third-order valence-corrected chi connectivity index (χ3v) is 4.91. The van der Waals surface area contributed by atoms with Gasteiger partial charge in [0.05, 0.1) is 12.6 Å². The largest absolute Gasteiger partial charge is 0.332 e. The van der Waals surface area contributed by atoms with Crippen LogP contribution in [0.4, 0.5) is 0 Å². The number of piperidine rings is 1. The van der Waals surface area contributed by atoms with Crippen LogP contribution in [0.1, 0.15) is 57.6 Å². The van der Waals surface area contributed by atoms with Gasteiger partial charge in [-0.3, -0.25) is 9.69 Å². The number of carbonyl (C=O) groups is 1. The Hall–Kier alpha value is -1.43. The number of rotatable bonds is 3. The van der Waals surface area contributed by atoms with Crippen molar-refractivity contribution < 1.29 is 4.79 Å². The monoisotopic (exact) mass is 305 g/mol. The minimum atomic E-state index is 0.0674. The first-order valence-electron chi connectivity index (χ1n) is 8.56. The fraction of sp³-hybridized carbons (Fsp3) is 0.812. The van der Waals surface area contributed by atoms with Gasteiger partial charge in [0.25, 0.3) is 0 Å². The van der Waals surface area contributed by atoms with Gasteiger partial charge in [0.15, 0.2) is 5.82 Å². The number of likely N-dealkylation sites (tertiary alicyclic amines) is 1. The highest BCUT2D eigenvalue weighted by Crippen LogP contribution is 2.22. The van der Waals surface area contributed by atoms with E-state index in [1.165, 1.54) is 6.42 Å². The van der Waals surface area contributed by atoms with Crippen LogP contribution in [0.5, 0.6) is 0 Å². The zero-order valence-corrected chi connectivity index (χ0v) is 14.0. The standard InChI is InChI=1S/C16H27N5O/c1-4-19-8-6-5-7-13(19)16(22)20-9-10-21-14(11-20)17-18-15(21)12(2)3/h12-13H,4-11H2,1-3H3/t13-/m1/s1. The number of hydrogen-bond donors (Lipinski definition) is 0. The SMILES string of the molecule is CCN1CCCC[C@@H]1C(=O)N1CCn2c(nnc2C(C)C)C1. The summed E-state index contributed by atoms with van der Waals surface area (Å²) in [4.78, 5) is 17.2. The molecule has 3 heterocycles. The van der Waals surface area contributed by atoms with Gasteiger partial charge in [-0.1, -0.05) is 27.2 Å². The van der Waals surface area contributed by atoms with Crippen molar-refractivity contribution in [2.75, 3.05) is 19.6 Å². The summed E-state index contributed by atoms with van der Waals surface area (Å²) in [6.45, 7) is 10.6. The molecule has 2 aliphatic heterocycles. The minimum Gasteiger partial charge on any atom is -0.332 e. The highest BCUT2D eigenvalue weighted by molar-refractivity contribution is 5.82. The quantitative estimate of drug-likeness (QED) is 0.851. The highest BCUT2D eigenvalue weighted by Gasteiger charge is 2.33. The smallest absolute Gasteiger partial charge is 0.240 e. The molecule has 1 aromatic heterocycles. The average Bonchev–Trinajstić information content (AvgIpc) is 2.97. The summed E-state index contributed by atoms with van der Waals surface area (Å²) in [5.74, 6) is 2.62. The lowest BCUT2D eigenvalue weighted by molar-refractivity contribution is -0.139. The topological polar surface area (TPSA) is 54.3 Å². The lowest BCUT2D eigenvalue weighted by Gasteiger charge is -2.38. The van der Waals surface area contributed by atoms with Crippen LogP contribution < -0.4 is 0 Å². The molecule has 0 unspecified atom stereocenters. The second-order valence-corrected chi connectivity index (χ2v) is 6.68. The molecular weight excluding hydrogens is 278 g/mol. The Labute approximate surface area is 132 Å². The molecule has 0 N–H and O–H groups in total. The molecule has 0 aromatic carbocycles. The van der Waals surface area contributed by atoms with Crippen molar-refractivity contribution >= 4 is 5.91 Å². The van der Waals surface area contributed by atoms with Crippen LogP contribution in [0.3, 0.4) is 0 Å². The van der Waals surface area contributed by atoms with E-state index in [1.54, 1.807) is 0 Å². The second kappa shape index (κ2) is 6.36. The molecule has 0 spiro atoms. The van der Waals surface area contributed by atoms with Crippen LogP contribution >= 0.6 is 0 Å². The second-order valence-electron chi connectivity index (χ2n) is 6.68. The zero-order valence-electron chi connectivity index (χ0n) is 14.0. The Kier molecular flexibility index (Phi) is 4.47. The lowest BCUT2D eigenvalue weighted by atomic mass is 10.0. The molecule has 0 bridgehead atoms. The maximum Gasteiger partial charge on any atom is 0.240 e. The molecule has 6 nitrogen and oxygen atoms in total. The number of nitrogens with zero attached hydrogens (tertiary/aromatic N) is 5. The fourth-order valence-electron chi connectivity index (χ4n) is 3.66. The Morgan fingerprint density at radius 3 is 2.77 bits per heavy atom. The van der Waals surface area contributed by atoms with E-state index < -0.39 is 0 Å². The van der Waals surface area contributed by atoms with Crippen LogP contribution in [0.25, 0.3) is 0 Å². The predicted octanol–water partition coefficient (Wildman–Crippen LogP) is 1.62. The summed E-state index contributed by atoms with van der Waals surface area (Å²) in [6, 6.07) is 0.0674. The summed E-state index contributed by atoms with van der Waals surface area (Å²) in [6.07, 6.45) is 3.37. The van der Waals surface area contributed by atoms with E-state index in [4.69, 9.17) is 0 Å². The summed E-state index contributed by atoms with van der Waals surface area (Å²) in [5, 5.41) is 8.60. The minimum absolute atomic E-state index is 0.0674. The van der Waals surface area contributed by atoms with Gasteiger partial charge in [0.2, 0.25) is 5.91 Å². The van der Waals surface area contributed by atoms with Gasteiger partial charge in [-0.05, 0) is 25.9 Å². The summed E-state index contributed by atoms with van der Waals surface area (Å²) < 4.78 is 2.19. The molecule has 2 aliphatic rings. The molecule has 1 aromatic rings. The van der Waals surface area contributed by atoms with E-state index in [0.29, 0.717) is 12.5 Å². The van der Waals surface area contributed by atoms with Crippen molar-refractivity contribution in [3.8, 4) is 0 Å². The van der Waals surface area contributed by atoms with Crippen LogP contribution in [0.2, 0.25) is 0 Å². The third-order valence-electron chi connectivity index (χ3n) is 4.91. The summed E-state index contributed by atoms with van der Waals surface area (Å²) >= 11 is 0. The highest BCUT2D eigenvalue weighted by atomic mass is 16.2. The molecule has 0 aliphatic carbocycles. The maximum atomic E-state index is 12.9. The predicted molar refractivity (Wildman–Crippen MR) is 84.4 cm³/mol. The van der Waals surface area contributed by atoms with Crippen molar-refractivity contribution in [1.29, 1.82) is 0 Å². The first kappa shape index (κ1) is 15.5. The molecule has 1 atom stereocenters. The Morgan fingerprint density at radius 2 is 2.05 bits per heavy atom. The van der Waals surface area contributed by atoms with Gasteiger partial charge in [0, 0.05) is 19.0 Å². The van der Waals surface area contributed by atoms with Crippen molar-refractivity contribution in [2.24, 2.45) is 0 Å². The number of amides is 1. The lowest BCUT2D eigenvalue weighted by Crippen LogP contribution is -2.52. The van der Waals surface area contributed by atoms with Crippen molar-refractivity contribution in [1.82, 2.24) is 24.6 Å². The van der Waals surface area contributed by atoms with Gasteiger partial charge in [-0.25, -0.2) is 0 Å². The molecule has 1 amide bonds. The fourth-order valence-corrected chi connectivity index (χ4v) is 3.66. The van der Waals surface area contributed by atoms with Crippen molar-refractivity contribution in [2.45, 2.75) is 65.1 Å². The summed E-state index contributed by atoms with van der Waals surface area (Å²) in [7, 11) is 0. The Morgan fingerprint density at radius 1 is 1.23 bits per heavy atom. The first-order chi connectivity index (χ1) is 10.6. The van der Waals surface area contributed by atoms with Crippen LogP contribution in [0, 0.1) is 0 Å². The molecular formula is C16H27N5O. The van der Waals surface area contributed by atoms with E-state index in [0.717, 1.165) is 50.7 Å². The van der Waals surface area contributed by atoms with E-state index >= 15 is 0 Å². The molecule has 0 saturated carbocycles. The Bertz CT molecular complexity index is 539. The maximum absolute atomic E-state index is 12.9. The van der Waals surface area contributed by atoms with Gasteiger partial charge >= 0.3 is 0 Å². The molecule has 6 heteroatoms. The van der Waals surface area contributed by atoms with Crippen molar-refractivity contribution in [3.63, 3.8) is 0 Å². The Balaban J connectivity index is 1.72. The average molecular weight is 305 g/mol. The van der Waals surface area contributed by atoms with Crippen molar-refractivity contribution in [3.05, 3.63) is 11.6 Å². The van der Waals surface area contributed by atoms with Crippen LogP contribution in [0.15, 0.2) is 0 Å². The number of aromatic nitrogens is 3. The van der Waals surface area contributed by atoms with Crippen LogP contribution in [-0.4, -0.2) is 56.1 Å². The number of hydrogen-bond acceptors (Lipinski definition) is 4. The molecule has 0 radical (unpaired) electrons. The van der Waals surface area contributed by atoms with E-state index in [2.05, 4.69) is 40.4 Å². The number of fused-ring (bicyclic) bond motifs is 1. The van der Waals surface area contributed by atoms with Gasteiger partial charge in [0.1, 0.15) is 5.82 Å². The molecule has 3 rings (SSSR count). The van der Waals surface area contributed by atoms with E-state index in [9.17, 15) is 4.79 Å². The zero-order chi connectivity index (χ0) is 15.7. The van der Waals surface area contributed by atoms with Crippen LogP contribution in [-0.2, 0) is 17.9 Å². The first-order valence-corrected chi connectivity index (χ1v) is 8.56. The number of carbonyl (C=O) groups excluding carboxylic acids is 1. The van der Waals surface area contributed by atoms with Gasteiger partial charge in [-0.2, -0.15) is 0 Å². The molecule has 22 heavy (non-hydrogen) atoms. The molecule has 1 fully saturated rings. The van der Waals surface area contributed by atoms with Gasteiger partial charge in [-0.15, -0.1) is 10.2 Å². The molecule has 1 saturated heterocycles. The van der Waals surface area contributed by atoms with Gasteiger partial charge < -0.3 is 9.47 Å². The van der Waals surface area contributed by atoms with E-state index in [-0.39, 0.29) is 11.9 Å². The number of likely N-dealkylation sites (N-methyl/N-ethyl adjacent to an activating group) is 1. The summed E-state index contributed by atoms with van der Waals surface area (Å²) in [5.41, 5.74) is 0. The normalized spacial score (nSPS) is 22.9. The third kappa shape index (κ3) is 2.76. The van der Waals surface area contributed by atoms with E-state index in [1.807, 2.05) is 4.90 Å².